The summed E-state index contributed by atoms with van der Waals surface area (Å²) >= 11 is 0. The second-order valence-electron chi connectivity index (χ2n) is 5.81. The molecule has 1 N–H and O–H groups in total. The second kappa shape index (κ2) is 6.16. The Labute approximate surface area is 140 Å². The molecule has 0 amide bonds. The molecule has 0 bridgehead atoms. The third-order valence-electron chi connectivity index (χ3n) is 4.27. The number of rotatable bonds is 4. The Bertz CT molecular complexity index is 936. The van der Waals surface area contributed by atoms with Gasteiger partial charge in [-0.1, -0.05) is 60.7 Å². The zero-order valence-corrected chi connectivity index (χ0v) is 13.5. The largest absolute Gasteiger partial charge is 0.330 e. The van der Waals surface area contributed by atoms with E-state index in [1.54, 1.807) is 0 Å². The molecule has 24 heavy (non-hydrogen) atoms. The molecule has 118 valence electrons. The Morgan fingerprint density at radius 3 is 2.29 bits per heavy atom. The quantitative estimate of drug-likeness (QED) is 0.610. The van der Waals surface area contributed by atoms with Crippen LogP contribution in [-0.2, 0) is 6.54 Å². The molecule has 0 spiro atoms. The maximum Gasteiger partial charge on any atom is 0.0959 e. The highest BCUT2D eigenvalue weighted by atomic mass is 15.1. The summed E-state index contributed by atoms with van der Waals surface area (Å²) < 4.78 is 2.17. The van der Waals surface area contributed by atoms with Gasteiger partial charge >= 0.3 is 0 Å². The van der Waals surface area contributed by atoms with Gasteiger partial charge in [-0.15, -0.1) is 0 Å². The van der Waals surface area contributed by atoms with E-state index in [2.05, 4.69) is 50.9 Å². The SMILES string of the molecule is Cc1c(-c2ccccc2)ncn1Cc1cn[nH]c1-c1ccccc1. The lowest BCUT2D eigenvalue weighted by Crippen LogP contribution is -2.01. The lowest BCUT2D eigenvalue weighted by molar-refractivity contribution is 0.772. The summed E-state index contributed by atoms with van der Waals surface area (Å²) in [4.78, 5) is 4.60. The molecule has 2 aromatic carbocycles. The fourth-order valence-electron chi connectivity index (χ4n) is 2.95. The topological polar surface area (TPSA) is 46.5 Å². The Morgan fingerprint density at radius 1 is 0.917 bits per heavy atom. The average molecular weight is 314 g/mol. The van der Waals surface area contributed by atoms with Gasteiger partial charge in [-0.05, 0) is 12.5 Å². The van der Waals surface area contributed by atoms with Crippen molar-refractivity contribution in [2.24, 2.45) is 0 Å². The molecule has 2 aromatic heterocycles. The lowest BCUT2D eigenvalue weighted by Gasteiger charge is -2.07. The molecular formula is C20H18N4. The third-order valence-corrected chi connectivity index (χ3v) is 4.27. The molecule has 0 unspecified atom stereocenters. The molecule has 4 rings (SSSR count). The first-order chi connectivity index (χ1) is 11.8. The maximum absolute atomic E-state index is 4.60. The first-order valence-corrected chi connectivity index (χ1v) is 7.98. The molecule has 0 saturated heterocycles. The van der Waals surface area contributed by atoms with Gasteiger partial charge in [0.25, 0.3) is 0 Å². The number of hydrogen-bond acceptors (Lipinski definition) is 2. The summed E-state index contributed by atoms with van der Waals surface area (Å²) in [5, 5.41) is 7.35. The van der Waals surface area contributed by atoms with Crippen LogP contribution < -0.4 is 0 Å². The van der Waals surface area contributed by atoms with Crippen LogP contribution in [0.25, 0.3) is 22.5 Å². The maximum atomic E-state index is 4.60. The first kappa shape index (κ1) is 14.5. The number of aromatic amines is 1. The molecule has 4 nitrogen and oxygen atoms in total. The normalized spacial score (nSPS) is 10.9. The number of aromatic nitrogens is 4. The van der Waals surface area contributed by atoms with Gasteiger partial charge in [-0.2, -0.15) is 5.10 Å². The van der Waals surface area contributed by atoms with E-state index in [-0.39, 0.29) is 0 Å². The summed E-state index contributed by atoms with van der Waals surface area (Å²) in [6, 6.07) is 20.6. The van der Waals surface area contributed by atoms with E-state index >= 15 is 0 Å². The van der Waals surface area contributed by atoms with Crippen LogP contribution in [0.15, 0.2) is 73.2 Å². The number of nitrogens with zero attached hydrogens (tertiary/aromatic N) is 3. The fraction of sp³-hybridized carbons (Fsp3) is 0.100. The van der Waals surface area contributed by atoms with Crippen molar-refractivity contribution >= 4 is 0 Å². The fourth-order valence-corrected chi connectivity index (χ4v) is 2.95. The van der Waals surface area contributed by atoms with Crippen LogP contribution in [0.2, 0.25) is 0 Å². The minimum absolute atomic E-state index is 0.742. The van der Waals surface area contributed by atoms with Gasteiger partial charge in [0.1, 0.15) is 0 Å². The van der Waals surface area contributed by atoms with Crippen molar-refractivity contribution in [3.8, 4) is 22.5 Å². The van der Waals surface area contributed by atoms with E-state index < -0.39 is 0 Å². The van der Waals surface area contributed by atoms with Crippen LogP contribution in [0.5, 0.6) is 0 Å². The lowest BCUT2D eigenvalue weighted by atomic mass is 10.1. The summed E-state index contributed by atoms with van der Waals surface area (Å²) in [5.41, 5.74) is 6.68. The van der Waals surface area contributed by atoms with Crippen LogP contribution in [0, 0.1) is 6.92 Å². The van der Waals surface area contributed by atoms with Crippen LogP contribution >= 0.6 is 0 Å². The number of benzene rings is 2. The van der Waals surface area contributed by atoms with Crippen molar-refractivity contribution in [2.45, 2.75) is 13.5 Å². The van der Waals surface area contributed by atoms with E-state index in [4.69, 9.17) is 0 Å². The summed E-state index contributed by atoms with van der Waals surface area (Å²) in [6.45, 7) is 2.85. The van der Waals surface area contributed by atoms with Gasteiger partial charge in [0, 0.05) is 16.8 Å². The van der Waals surface area contributed by atoms with E-state index in [1.165, 1.54) is 0 Å². The van der Waals surface area contributed by atoms with Crippen LogP contribution in [0.1, 0.15) is 11.3 Å². The predicted molar refractivity (Wildman–Crippen MR) is 95.5 cm³/mol. The predicted octanol–water partition coefficient (Wildman–Crippen LogP) is 4.30. The van der Waals surface area contributed by atoms with Crippen LogP contribution in [0.4, 0.5) is 0 Å². The molecular weight excluding hydrogens is 296 g/mol. The molecule has 0 aliphatic heterocycles. The Kier molecular flexibility index (Phi) is 3.71. The number of imidazole rings is 1. The number of hydrogen-bond donors (Lipinski definition) is 1. The van der Waals surface area contributed by atoms with Gasteiger partial charge in [0.15, 0.2) is 0 Å². The number of H-pyrrole nitrogens is 1. The van der Waals surface area contributed by atoms with E-state index in [0.717, 1.165) is 40.3 Å². The van der Waals surface area contributed by atoms with Gasteiger partial charge in [-0.3, -0.25) is 5.10 Å². The molecule has 0 radical (unpaired) electrons. The molecule has 4 heteroatoms. The van der Waals surface area contributed by atoms with E-state index in [0.29, 0.717) is 0 Å². The van der Waals surface area contributed by atoms with Crippen molar-refractivity contribution in [3.63, 3.8) is 0 Å². The van der Waals surface area contributed by atoms with Gasteiger partial charge in [0.2, 0.25) is 0 Å². The van der Waals surface area contributed by atoms with Gasteiger partial charge in [-0.25, -0.2) is 4.98 Å². The summed E-state index contributed by atoms with van der Waals surface area (Å²) in [6.07, 6.45) is 3.80. The monoisotopic (exact) mass is 314 g/mol. The highest BCUT2D eigenvalue weighted by molar-refractivity contribution is 5.63. The van der Waals surface area contributed by atoms with Crippen molar-refractivity contribution in [2.75, 3.05) is 0 Å². The van der Waals surface area contributed by atoms with Crippen LogP contribution in [-0.4, -0.2) is 19.7 Å². The zero-order valence-electron chi connectivity index (χ0n) is 13.5. The van der Waals surface area contributed by atoms with Gasteiger partial charge < -0.3 is 4.57 Å². The highest BCUT2D eigenvalue weighted by Crippen LogP contribution is 2.25. The summed E-state index contributed by atoms with van der Waals surface area (Å²) in [5.74, 6) is 0. The summed E-state index contributed by atoms with van der Waals surface area (Å²) in [7, 11) is 0. The molecule has 2 heterocycles. The third kappa shape index (κ3) is 2.63. The minimum Gasteiger partial charge on any atom is -0.330 e. The smallest absolute Gasteiger partial charge is 0.0959 e. The van der Waals surface area contributed by atoms with Crippen molar-refractivity contribution in [3.05, 3.63) is 84.4 Å². The standard InChI is InChI=1S/C20H18N4/c1-15-19(16-8-4-2-5-9-16)21-14-24(15)13-18-12-22-23-20(18)17-10-6-3-7-11-17/h2-12,14H,13H2,1H3,(H,22,23). The Hall–Kier alpha value is -3.14. The highest BCUT2D eigenvalue weighted by Gasteiger charge is 2.12. The van der Waals surface area contributed by atoms with E-state index in [9.17, 15) is 0 Å². The van der Waals surface area contributed by atoms with Crippen molar-refractivity contribution in [1.82, 2.24) is 19.7 Å². The van der Waals surface area contributed by atoms with Crippen molar-refractivity contribution in [1.29, 1.82) is 0 Å². The zero-order chi connectivity index (χ0) is 16.4. The molecule has 0 saturated carbocycles. The molecule has 4 aromatic rings. The molecule has 0 aliphatic rings. The Morgan fingerprint density at radius 2 is 1.58 bits per heavy atom. The number of nitrogens with one attached hydrogen (secondary N) is 1. The molecule has 0 fully saturated rings. The minimum atomic E-state index is 0.742. The average Bonchev–Trinajstić information content (AvgIpc) is 3.24. The molecule has 0 aliphatic carbocycles. The van der Waals surface area contributed by atoms with Crippen LogP contribution in [0.3, 0.4) is 0 Å². The van der Waals surface area contributed by atoms with E-state index in [1.807, 2.05) is 48.9 Å². The molecule has 0 atom stereocenters. The second-order valence-corrected chi connectivity index (χ2v) is 5.81. The van der Waals surface area contributed by atoms with Gasteiger partial charge in [0.05, 0.1) is 30.5 Å². The first-order valence-electron chi connectivity index (χ1n) is 7.98. The Balaban J connectivity index is 1.66. The van der Waals surface area contributed by atoms with Crippen molar-refractivity contribution < 1.29 is 0 Å².